The maximum Gasteiger partial charge on any atom is 0.416 e. The highest BCUT2D eigenvalue weighted by Crippen LogP contribution is 2.46. The summed E-state index contributed by atoms with van der Waals surface area (Å²) in [4.78, 5) is 29.0. The molecule has 3 aromatic heterocycles. The van der Waals surface area contributed by atoms with E-state index in [0.717, 1.165) is 25.0 Å². The average molecular weight is 465 g/mol. The Balaban J connectivity index is 1.57. The number of alkyl halides is 3. The summed E-state index contributed by atoms with van der Waals surface area (Å²) in [5, 5.41) is 13.8. The fourth-order valence-electron chi connectivity index (χ4n) is 4.32. The van der Waals surface area contributed by atoms with Crippen LogP contribution < -0.4 is 5.56 Å². The Morgan fingerprint density at radius 3 is 2.41 bits per heavy atom. The van der Waals surface area contributed by atoms with Gasteiger partial charge in [-0.25, -0.2) is 19.6 Å². The molecule has 8 nitrogen and oxygen atoms in total. The molecule has 0 saturated heterocycles. The fourth-order valence-corrected chi connectivity index (χ4v) is 4.32. The van der Waals surface area contributed by atoms with Crippen molar-refractivity contribution in [2.75, 3.05) is 0 Å². The van der Waals surface area contributed by atoms with E-state index >= 15 is 0 Å². The second-order valence-electron chi connectivity index (χ2n) is 8.25. The van der Waals surface area contributed by atoms with Crippen molar-refractivity contribution >= 4 is 11.0 Å². The third kappa shape index (κ3) is 3.61. The Kier molecular flexibility index (Phi) is 5.16. The molecule has 1 aliphatic carbocycles. The molecule has 5 rings (SSSR count). The summed E-state index contributed by atoms with van der Waals surface area (Å²) < 4.78 is 40.3. The summed E-state index contributed by atoms with van der Waals surface area (Å²) >= 11 is 0. The Bertz CT molecular complexity index is 1450. The van der Waals surface area contributed by atoms with Crippen LogP contribution in [0.5, 0.6) is 0 Å². The molecular weight excluding hydrogens is 447 g/mol. The van der Waals surface area contributed by atoms with Gasteiger partial charge in [0.2, 0.25) is 0 Å². The molecule has 11 heteroatoms. The molecule has 3 heterocycles. The number of aromatic nitrogens is 6. The Labute approximate surface area is 191 Å². The number of halogens is 3. The smallest absolute Gasteiger partial charge is 0.310 e. The minimum absolute atomic E-state index is 0.000875. The lowest BCUT2D eigenvalue weighted by Gasteiger charge is -2.34. The molecule has 1 N–H and O–H groups in total. The number of aromatic amines is 1. The molecule has 1 aromatic carbocycles. The Morgan fingerprint density at radius 1 is 1.15 bits per heavy atom. The van der Waals surface area contributed by atoms with Crippen LogP contribution in [0.4, 0.5) is 13.2 Å². The zero-order valence-corrected chi connectivity index (χ0v) is 17.9. The first kappa shape index (κ1) is 21.8. The molecule has 4 aromatic rings. The summed E-state index contributed by atoms with van der Waals surface area (Å²) in [5.74, 6) is 1.02. The van der Waals surface area contributed by atoms with Crippen LogP contribution in [0.15, 0.2) is 47.5 Å². The van der Waals surface area contributed by atoms with Crippen LogP contribution in [0.3, 0.4) is 0 Å². The van der Waals surface area contributed by atoms with Crippen molar-refractivity contribution in [3.8, 4) is 6.07 Å². The molecule has 3 unspecified atom stereocenters. The lowest BCUT2D eigenvalue weighted by atomic mass is 9.72. The molecule has 1 fully saturated rings. The Hall–Kier alpha value is -4.07. The first-order chi connectivity index (χ1) is 16.3. The van der Waals surface area contributed by atoms with E-state index in [0.29, 0.717) is 17.2 Å². The molecule has 0 radical (unpaired) electrons. The van der Waals surface area contributed by atoms with Gasteiger partial charge in [-0.3, -0.25) is 4.79 Å². The number of rotatable bonds is 4. The van der Waals surface area contributed by atoms with Gasteiger partial charge in [-0.2, -0.15) is 23.5 Å². The highest BCUT2D eigenvalue weighted by molar-refractivity contribution is 5.80. The lowest BCUT2D eigenvalue weighted by molar-refractivity contribution is -0.137. The van der Waals surface area contributed by atoms with Crippen molar-refractivity contribution in [2.24, 2.45) is 0 Å². The SMILES string of the molecule is CC(c1ccc(C(F)(F)F)cc1)n1nc(C#N)c2c(=O)[nH]c(C3CCC3c3ncccn3)nc21. The maximum atomic E-state index is 12.9. The minimum Gasteiger partial charge on any atom is -0.310 e. The maximum absolute atomic E-state index is 12.9. The van der Waals surface area contributed by atoms with E-state index in [1.165, 1.54) is 16.8 Å². The third-order valence-corrected chi connectivity index (χ3v) is 6.32. The minimum atomic E-state index is -4.44. The number of H-pyrrole nitrogens is 1. The second kappa shape index (κ2) is 8.06. The van der Waals surface area contributed by atoms with Gasteiger partial charge >= 0.3 is 6.18 Å². The predicted octanol–water partition coefficient (Wildman–Crippen LogP) is 4.07. The van der Waals surface area contributed by atoms with Gasteiger partial charge in [0.15, 0.2) is 11.3 Å². The van der Waals surface area contributed by atoms with Crippen molar-refractivity contribution in [2.45, 2.75) is 43.8 Å². The molecule has 172 valence electrons. The standard InChI is InChI=1S/C23H18F3N7O/c1-12(13-3-5-14(6-4-13)23(24,25)26)33-21-18(17(11-27)32-33)22(34)31-20(30-21)16-8-7-15(16)19-28-9-2-10-29-19/h2-6,9-10,12,15-16H,7-8H2,1H3,(H,30,31,34). The van der Waals surface area contributed by atoms with E-state index in [1.807, 2.05) is 6.07 Å². The fraction of sp³-hybridized carbons (Fsp3) is 0.304. The zero-order chi connectivity index (χ0) is 24.0. The number of benzene rings is 1. The molecule has 1 aliphatic rings. The lowest BCUT2D eigenvalue weighted by Crippen LogP contribution is -2.28. The molecule has 0 amide bonds. The van der Waals surface area contributed by atoms with Gasteiger partial charge in [-0.15, -0.1) is 0 Å². The quantitative estimate of drug-likeness (QED) is 0.486. The summed E-state index contributed by atoms with van der Waals surface area (Å²) in [5.41, 5.74) is -0.595. The number of hydrogen-bond donors (Lipinski definition) is 1. The normalized spacial score (nSPS) is 18.9. The van der Waals surface area contributed by atoms with Crippen molar-refractivity contribution in [1.82, 2.24) is 29.7 Å². The topological polar surface area (TPSA) is 113 Å². The number of hydrogen-bond acceptors (Lipinski definition) is 6. The van der Waals surface area contributed by atoms with E-state index in [2.05, 4.69) is 25.0 Å². The van der Waals surface area contributed by atoms with Gasteiger partial charge in [0, 0.05) is 24.2 Å². The van der Waals surface area contributed by atoms with Crippen molar-refractivity contribution in [3.63, 3.8) is 0 Å². The molecule has 34 heavy (non-hydrogen) atoms. The van der Waals surface area contributed by atoms with Crippen LogP contribution in [0.25, 0.3) is 11.0 Å². The Morgan fingerprint density at radius 2 is 1.82 bits per heavy atom. The molecule has 0 spiro atoms. The summed E-state index contributed by atoms with van der Waals surface area (Å²) in [6, 6.07) is 7.78. The van der Waals surface area contributed by atoms with Crippen LogP contribution in [0.2, 0.25) is 0 Å². The summed E-state index contributed by atoms with van der Waals surface area (Å²) in [7, 11) is 0. The monoisotopic (exact) mass is 465 g/mol. The summed E-state index contributed by atoms with van der Waals surface area (Å²) in [6.07, 6.45) is 0.514. The van der Waals surface area contributed by atoms with Crippen LogP contribution in [-0.2, 0) is 6.18 Å². The first-order valence-corrected chi connectivity index (χ1v) is 10.6. The van der Waals surface area contributed by atoms with Gasteiger partial charge in [-0.1, -0.05) is 12.1 Å². The molecule has 0 bridgehead atoms. The zero-order valence-electron chi connectivity index (χ0n) is 17.9. The largest absolute Gasteiger partial charge is 0.416 e. The van der Waals surface area contributed by atoms with Gasteiger partial charge in [0.25, 0.3) is 5.56 Å². The van der Waals surface area contributed by atoms with E-state index in [9.17, 15) is 23.2 Å². The highest BCUT2D eigenvalue weighted by atomic mass is 19.4. The summed E-state index contributed by atoms with van der Waals surface area (Å²) in [6.45, 7) is 1.72. The molecule has 3 atom stereocenters. The average Bonchev–Trinajstić information content (AvgIpc) is 3.17. The van der Waals surface area contributed by atoms with Crippen molar-refractivity contribution in [1.29, 1.82) is 5.26 Å². The molecular formula is C23H18F3N7O. The van der Waals surface area contributed by atoms with Gasteiger partial charge in [0.1, 0.15) is 23.1 Å². The van der Waals surface area contributed by atoms with E-state index < -0.39 is 23.3 Å². The van der Waals surface area contributed by atoms with Crippen LogP contribution in [0.1, 0.15) is 66.1 Å². The second-order valence-corrected chi connectivity index (χ2v) is 8.25. The first-order valence-electron chi connectivity index (χ1n) is 10.6. The van der Waals surface area contributed by atoms with Gasteiger partial charge < -0.3 is 4.98 Å². The van der Waals surface area contributed by atoms with Crippen LogP contribution in [0, 0.1) is 11.3 Å². The van der Waals surface area contributed by atoms with E-state index in [-0.39, 0.29) is 28.6 Å². The molecule has 0 aliphatic heterocycles. The van der Waals surface area contributed by atoms with E-state index in [4.69, 9.17) is 0 Å². The van der Waals surface area contributed by atoms with Crippen LogP contribution >= 0.6 is 0 Å². The number of nitriles is 1. The highest BCUT2D eigenvalue weighted by Gasteiger charge is 2.38. The third-order valence-electron chi connectivity index (χ3n) is 6.32. The van der Waals surface area contributed by atoms with E-state index in [1.54, 1.807) is 25.4 Å². The van der Waals surface area contributed by atoms with Crippen molar-refractivity contribution < 1.29 is 13.2 Å². The predicted molar refractivity (Wildman–Crippen MR) is 115 cm³/mol. The van der Waals surface area contributed by atoms with Gasteiger partial charge in [0.05, 0.1) is 11.6 Å². The number of nitrogens with one attached hydrogen (secondary N) is 1. The number of nitrogens with zero attached hydrogens (tertiary/aromatic N) is 6. The van der Waals surface area contributed by atoms with Crippen molar-refractivity contribution in [3.05, 3.63) is 81.5 Å². The number of fused-ring (bicyclic) bond motifs is 1. The van der Waals surface area contributed by atoms with Crippen LogP contribution in [-0.4, -0.2) is 29.7 Å². The molecule has 1 saturated carbocycles. The van der Waals surface area contributed by atoms with Gasteiger partial charge in [-0.05, 0) is 43.5 Å².